The molecule has 0 aliphatic carbocycles. The molecule has 6 heterocycles. The molecular weight excluding hydrogens is 808 g/mol. The number of rotatable bonds is 10. The Balaban J connectivity index is 0.000000261. The van der Waals surface area contributed by atoms with Crippen LogP contribution in [0.3, 0.4) is 0 Å². The summed E-state index contributed by atoms with van der Waals surface area (Å²) in [6.07, 6.45) is 9.39. The van der Waals surface area contributed by atoms with Gasteiger partial charge in [0.05, 0.1) is 34.6 Å². The fraction of sp³-hybridized carbons (Fsp3) is 0.426. The number of fused-ring (bicyclic) bond motifs is 1. The number of nitrogens with zero attached hydrogens (tertiary/aromatic N) is 3. The summed E-state index contributed by atoms with van der Waals surface area (Å²) in [6.45, 7) is 10.9. The summed E-state index contributed by atoms with van der Waals surface area (Å²) in [7, 11) is 0. The number of likely N-dealkylation sites (tertiary alicyclic amines) is 1. The topological polar surface area (TPSA) is 164 Å². The van der Waals surface area contributed by atoms with E-state index in [9.17, 15) is 9.59 Å². The Morgan fingerprint density at radius 2 is 1.72 bits per heavy atom. The van der Waals surface area contributed by atoms with Gasteiger partial charge < -0.3 is 46.4 Å². The molecular formula is C47H59ClN8O4S. The number of amides is 2. The number of halogens is 1. The molecule has 1 spiro atoms. The van der Waals surface area contributed by atoms with E-state index in [0.29, 0.717) is 39.8 Å². The second kappa shape index (κ2) is 20.3. The Hall–Kier alpha value is -4.95. The van der Waals surface area contributed by atoms with Crippen LogP contribution in [0.2, 0.25) is 5.02 Å². The molecule has 4 aliphatic rings. The zero-order valence-electron chi connectivity index (χ0n) is 35.2. The number of pyridine rings is 1. The molecule has 4 fully saturated rings. The number of carbonyl (C=O) groups excluding carboxylic acids is 2. The first-order chi connectivity index (χ1) is 29.7. The van der Waals surface area contributed by atoms with E-state index in [0.717, 1.165) is 124 Å². The number of carbonyl (C=O) groups is 2. The first-order valence-electron chi connectivity index (χ1n) is 21.6. The van der Waals surface area contributed by atoms with Crippen LogP contribution in [0.1, 0.15) is 74.3 Å². The molecule has 14 heteroatoms. The highest BCUT2D eigenvalue weighted by atomic mass is 35.5. The van der Waals surface area contributed by atoms with Crippen molar-refractivity contribution in [1.82, 2.24) is 20.2 Å². The summed E-state index contributed by atoms with van der Waals surface area (Å²) >= 11 is 10.4. The van der Waals surface area contributed by atoms with Crippen molar-refractivity contribution in [2.75, 3.05) is 68.4 Å². The molecule has 5 aromatic rings. The van der Waals surface area contributed by atoms with Crippen molar-refractivity contribution in [1.29, 1.82) is 0 Å². The van der Waals surface area contributed by atoms with E-state index in [4.69, 9.17) is 32.5 Å². The van der Waals surface area contributed by atoms with Crippen molar-refractivity contribution in [3.05, 3.63) is 101 Å². The molecule has 12 nitrogen and oxygen atoms in total. The van der Waals surface area contributed by atoms with Gasteiger partial charge in [0.2, 0.25) is 5.91 Å². The van der Waals surface area contributed by atoms with Gasteiger partial charge >= 0.3 is 0 Å². The number of anilines is 3. The summed E-state index contributed by atoms with van der Waals surface area (Å²) in [5, 5.41) is 8.45. The molecule has 2 aromatic heterocycles. The quantitative estimate of drug-likeness (QED) is 0.0458. The fourth-order valence-corrected chi connectivity index (χ4v) is 9.45. The van der Waals surface area contributed by atoms with Crippen molar-refractivity contribution >= 4 is 64.1 Å². The number of H-pyrrole nitrogens is 1. The molecule has 0 radical (unpaired) electrons. The maximum absolute atomic E-state index is 13.7. The summed E-state index contributed by atoms with van der Waals surface area (Å²) in [5.41, 5.74) is 16.3. The Labute approximate surface area is 369 Å². The minimum Gasteiger partial charge on any atom is -0.455 e. The monoisotopic (exact) mass is 866 g/mol. The highest BCUT2D eigenvalue weighted by Crippen LogP contribution is 2.55. The van der Waals surface area contributed by atoms with Gasteiger partial charge in [-0.05, 0) is 124 Å². The third-order valence-corrected chi connectivity index (χ3v) is 13.0. The molecule has 0 saturated carbocycles. The number of ether oxygens (including phenoxy) is 2. The number of aromatic amines is 1. The van der Waals surface area contributed by atoms with E-state index in [1.807, 2.05) is 74.6 Å². The van der Waals surface area contributed by atoms with Gasteiger partial charge in [0, 0.05) is 72.6 Å². The van der Waals surface area contributed by atoms with E-state index in [-0.39, 0.29) is 11.5 Å². The van der Waals surface area contributed by atoms with Crippen LogP contribution in [-0.4, -0.2) is 79.2 Å². The number of primary amides is 1. The third kappa shape index (κ3) is 10.2. The Bertz CT molecular complexity index is 2250. The number of thiol groups is 1. The molecule has 1 atom stereocenters. The largest absolute Gasteiger partial charge is 0.455 e. The van der Waals surface area contributed by atoms with Crippen LogP contribution in [0, 0.1) is 17.3 Å². The summed E-state index contributed by atoms with van der Waals surface area (Å²) < 4.78 is 11.5. The maximum atomic E-state index is 13.7. The van der Waals surface area contributed by atoms with Gasteiger partial charge in [0.25, 0.3) is 5.91 Å². The zero-order valence-corrected chi connectivity index (χ0v) is 36.8. The van der Waals surface area contributed by atoms with Crippen LogP contribution < -0.4 is 31.7 Å². The number of nitrogens with one attached hydrogen (secondary N) is 3. The van der Waals surface area contributed by atoms with Crippen molar-refractivity contribution in [3.63, 3.8) is 0 Å². The predicted molar refractivity (Wildman–Crippen MR) is 248 cm³/mol. The third-order valence-electron chi connectivity index (χ3n) is 12.4. The molecule has 2 amide bonds. The molecule has 9 rings (SSSR count). The van der Waals surface area contributed by atoms with Crippen LogP contribution in [-0.2, 0) is 9.53 Å². The van der Waals surface area contributed by atoms with Gasteiger partial charge in [-0.15, -0.1) is 12.6 Å². The number of nitrogen functional groups attached to an aromatic ring is 1. The standard InChI is InChI=1S/C33H35ClN6O3.C12H18N2OS.C2H6/c34-24-3-1-22(2-4-24)29-33(10-13-36-14-11-33)32(42)40(29)20-21-8-15-39(16-9-21)25-5-6-27(30(35)41)28(18-25)43-26-17-23-7-12-37-31(23)38-19-26;13-11-7-10(16)1-2-12(11)14-8-9-3-5-15-6-4-9;1-2/h1-7,12,17-19,21,29,36H,8-11,13-16,20H2,(H2,35,41)(H,37,38);1-2,7,9,14,16H,3-6,8,13H2;1-2H3. The highest BCUT2D eigenvalue weighted by Gasteiger charge is 2.60. The number of aromatic nitrogens is 2. The van der Waals surface area contributed by atoms with E-state index in [1.54, 1.807) is 12.3 Å². The zero-order chi connectivity index (χ0) is 42.9. The maximum Gasteiger partial charge on any atom is 0.252 e. The summed E-state index contributed by atoms with van der Waals surface area (Å²) in [4.78, 5) is 38.7. The SMILES string of the molecule is CC.NC(=O)c1ccc(N2CCC(CN3C(=O)C4(CCNCC4)C3c3ccc(Cl)cc3)CC2)cc1Oc1cnc2[nH]ccc2c1.Nc1cc(S)ccc1NCC1CCOCC1. The molecule has 7 N–H and O–H groups in total. The first-order valence-corrected chi connectivity index (χ1v) is 22.5. The van der Waals surface area contributed by atoms with E-state index in [2.05, 4.69) is 55.2 Å². The van der Waals surface area contributed by atoms with Crippen LogP contribution in [0.25, 0.3) is 11.0 Å². The fourth-order valence-electron chi connectivity index (χ4n) is 9.11. The normalized spacial score (nSPS) is 19.0. The molecule has 324 valence electrons. The predicted octanol–water partition coefficient (Wildman–Crippen LogP) is 8.70. The van der Waals surface area contributed by atoms with Crippen molar-refractivity contribution in [3.8, 4) is 11.5 Å². The number of hydrogen-bond donors (Lipinski definition) is 6. The Morgan fingerprint density at radius 1 is 0.984 bits per heavy atom. The van der Waals surface area contributed by atoms with E-state index >= 15 is 0 Å². The molecule has 3 aromatic carbocycles. The lowest BCUT2D eigenvalue weighted by Crippen LogP contribution is -2.66. The Kier molecular flexibility index (Phi) is 14.7. The van der Waals surface area contributed by atoms with E-state index in [1.165, 1.54) is 5.56 Å². The highest BCUT2D eigenvalue weighted by molar-refractivity contribution is 7.80. The molecule has 4 saturated heterocycles. The van der Waals surface area contributed by atoms with Crippen LogP contribution in [0.4, 0.5) is 17.1 Å². The second-order valence-corrected chi connectivity index (χ2v) is 17.1. The number of hydrogen-bond acceptors (Lipinski definition) is 10. The lowest BCUT2D eigenvalue weighted by molar-refractivity contribution is -0.179. The van der Waals surface area contributed by atoms with Gasteiger partial charge in [-0.2, -0.15) is 0 Å². The number of benzene rings is 3. The minimum atomic E-state index is -0.545. The van der Waals surface area contributed by atoms with Gasteiger partial charge in [-0.3, -0.25) is 9.59 Å². The van der Waals surface area contributed by atoms with Gasteiger partial charge in [-0.25, -0.2) is 4.98 Å². The van der Waals surface area contributed by atoms with Crippen LogP contribution in [0.5, 0.6) is 11.5 Å². The second-order valence-electron chi connectivity index (χ2n) is 16.2. The van der Waals surface area contributed by atoms with E-state index < -0.39 is 5.91 Å². The average molecular weight is 868 g/mol. The molecule has 61 heavy (non-hydrogen) atoms. The number of piperidine rings is 2. The van der Waals surface area contributed by atoms with Crippen molar-refractivity contribution in [2.24, 2.45) is 23.0 Å². The lowest BCUT2D eigenvalue weighted by atomic mass is 9.62. The minimum absolute atomic E-state index is 0.0958. The molecule has 0 bridgehead atoms. The van der Waals surface area contributed by atoms with Crippen LogP contribution >= 0.6 is 24.2 Å². The number of β-lactam (4-membered cyclic amide) rings is 1. The average Bonchev–Trinajstić information content (AvgIpc) is 3.76. The van der Waals surface area contributed by atoms with Crippen LogP contribution in [0.15, 0.2) is 90.1 Å². The van der Waals surface area contributed by atoms with Gasteiger partial charge in [0.15, 0.2) is 0 Å². The Morgan fingerprint density at radius 3 is 2.43 bits per heavy atom. The first kappa shape index (κ1) is 44.1. The summed E-state index contributed by atoms with van der Waals surface area (Å²) in [6, 6.07) is 23.3. The lowest BCUT2D eigenvalue weighted by Gasteiger charge is -2.59. The summed E-state index contributed by atoms with van der Waals surface area (Å²) in [5.74, 6) is 1.81. The molecule has 1 unspecified atom stereocenters. The smallest absolute Gasteiger partial charge is 0.252 e. The van der Waals surface area contributed by atoms with Crippen molar-refractivity contribution < 1.29 is 19.1 Å². The van der Waals surface area contributed by atoms with Gasteiger partial charge in [0.1, 0.15) is 17.1 Å². The molecule has 4 aliphatic heterocycles. The van der Waals surface area contributed by atoms with Gasteiger partial charge in [-0.1, -0.05) is 37.6 Å². The van der Waals surface area contributed by atoms with Crippen molar-refractivity contribution in [2.45, 2.75) is 63.3 Å². The number of nitrogens with two attached hydrogens (primary N) is 2.